The number of carbonyl (C=O) groups is 2. The number of pyridine rings is 1. The maximum Gasteiger partial charge on any atom is 0.230 e. The summed E-state index contributed by atoms with van der Waals surface area (Å²) in [6.07, 6.45) is 5.26. The van der Waals surface area contributed by atoms with Gasteiger partial charge in [0.1, 0.15) is 5.82 Å². The molecular weight excluding hydrogens is 394 g/mol. The van der Waals surface area contributed by atoms with Gasteiger partial charge in [-0.15, -0.1) is 0 Å². The smallest absolute Gasteiger partial charge is 0.230 e. The van der Waals surface area contributed by atoms with Gasteiger partial charge in [-0.2, -0.15) is 0 Å². The van der Waals surface area contributed by atoms with Crippen LogP contribution >= 0.6 is 0 Å². The van der Waals surface area contributed by atoms with Crippen LogP contribution in [0.2, 0.25) is 0 Å². The van der Waals surface area contributed by atoms with Crippen LogP contribution < -0.4 is 10.2 Å². The molecular formula is C19H27N5O4S. The Morgan fingerprint density at radius 1 is 1.17 bits per heavy atom. The number of piperidine rings is 1. The molecule has 1 aromatic rings. The van der Waals surface area contributed by atoms with E-state index in [1.807, 2.05) is 11.0 Å². The predicted octanol–water partition coefficient (Wildman–Crippen LogP) is 0.287. The van der Waals surface area contributed by atoms with Crippen molar-refractivity contribution in [3.63, 3.8) is 0 Å². The number of nitrogens with one attached hydrogen (secondary N) is 1. The monoisotopic (exact) mass is 421 g/mol. The summed E-state index contributed by atoms with van der Waals surface area (Å²) in [5, 5.41) is 2.78. The minimum atomic E-state index is -3.14. The Morgan fingerprint density at radius 3 is 2.52 bits per heavy atom. The molecule has 29 heavy (non-hydrogen) atoms. The summed E-state index contributed by atoms with van der Waals surface area (Å²) < 4.78 is 24.7. The number of nitrogens with zero attached hydrogens (tertiary/aromatic N) is 4. The number of sulfonamides is 1. The molecule has 1 N–H and O–H groups in total. The second-order valence-corrected chi connectivity index (χ2v) is 10.0. The van der Waals surface area contributed by atoms with Crippen molar-refractivity contribution in [1.29, 1.82) is 0 Å². The molecule has 0 radical (unpaired) electrons. The van der Waals surface area contributed by atoms with E-state index in [1.165, 1.54) is 10.6 Å². The zero-order valence-electron chi connectivity index (χ0n) is 16.6. The standard InChI is InChI=1S/C19H27N5O4S/c1-29(27,28)24-6-3-14(4-7-24)12-18(26)23-10-8-22(9-11-23)16-2-5-20-19-15(16)13-17(25)21-19/h2,5,14H,3-4,6-13H2,1H3,(H,20,21,25). The van der Waals surface area contributed by atoms with Crippen LogP contribution in [0.4, 0.5) is 11.5 Å². The van der Waals surface area contributed by atoms with Crippen molar-refractivity contribution in [2.75, 3.05) is 55.7 Å². The molecule has 0 unspecified atom stereocenters. The summed E-state index contributed by atoms with van der Waals surface area (Å²) >= 11 is 0. The second kappa shape index (κ2) is 7.91. The number of rotatable bonds is 4. The Hall–Kier alpha value is -2.20. The normalized spacial score (nSPS) is 21.2. The van der Waals surface area contributed by atoms with Gasteiger partial charge in [-0.1, -0.05) is 0 Å². The van der Waals surface area contributed by atoms with Crippen LogP contribution in [0.5, 0.6) is 0 Å². The van der Waals surface area contributed by atoms with E-state index < -0.39 is 10.0 Å². The lowest BCUT2D eigenvalue weighted by molar-refractivity contribution is -0.132. The van der Waals surface area contributed by atoms with Gasteiger partial charge in [-0.3, -0.25) is 9.59 Å². The average Bonchev–Trinajstić information content (AvgIpc) is 3.08. The first-order chi connectivity index (χ1) is 13.8. The molecule has 2 fully saturated rings. The van der Waals surface area contributed by atoms with Crippen LogP contribution in [-0.2, 0) is 26.0 Å². The molecule has 2 amide bonds. The highest BCUT2D eigenvalue weighted by Crippen LogP contribution is 2.31. The summed E-state index contributed by atoms with van der Waals surface area (Å²) in [5.74, 6) is 1.01. The highest BCUT2D eigenvalue weighted by molar-refractivity contribution is 7.88. The lowest BCUT2D eigenvalue weighted by atomic mass is 9.94. The third-order valence-electron chi connectivity index (χ3n) is 6.11. The van der Waals surface area contributed by atoms with Crippen LogP contribution in [0.3, 0.4) is 0 Å². The maximum absolute atomic E-state index is 12.7. The van der Waals surface area contributed by atoms with Crippen molar-refractivity contribution in [2.45, 2.75) is 25.7 Å². The predicted molar refractivity (Wildman–Crippen MR) is 109 cm³/mol. The van der Waals surface area contributed by atoms with Crippen molar-refractivity contribution < 1.29 is 18.0 Å². The molecule has 3 aliphatic rings. The van der Waals surface area contributed by atoms with E-state index in [0.29, 0.717) is 44.8 Å². The Morgan fingerprint density at radius 2 is 1.86 bits per heavy atom. The Balaban J connectivity index is 1.29. The van der Waals surface area contributed by atoms with E-state index in [0.717, 1.165) is 37.2 Å². The van der Waals surface area contributed by atoms with E-state index >= 15 is 0 Å². The third-order valence-corrected chi connectivity index (χ3v) is 7.41. The molecule has 10 heteroatoms. The van der Waals surface area contributed by atoms with E-state index in [2.05, 4.69) is 15.2 Å². The fourth-order valence-electron chi connectivity index (χ4n) is 4.42. The fraction of sp³-hybridized carbons (Fsp3) is 0.632. The molecule has 0 aromatic carbocycles. The van der Waals surface area contributed by atoms with Crippen LogP contribution in [0.25, 0.3) is 0 Å². The number of anilines is 2. The minimum absolute atomic E-state index is 0.0318. The van der Waals surface area contributed by atoms with Crippen LogP contribution in [0.1, 0.15) is 24.8 Å². The van der Waals surface area contributed by atoms with Gasteiger partial charge in [0.2, 0.25) is 21.8 Å². The molecule has 1 aromatic heterocycles. The number of fused-ring (bicyclic) bond motifs is 1. The number of amides is 2. The maximum atomic E-state index is 12.7. The van der Waals surface area contributed by atoms with Crippen molar-refractivity contribution in [3.05, 3.63) is 17.8 Å². The van der Waals surface area contributed by atoms with Gasteiger partial charge in [0.25, 0.3) is 0 Å². The van der Waals surface area contributed by atoms with Crippen LogP contribution in [0.15, 0.2) is 12.3 Å². The van der Waals surface area contributed by atoms with Crippen LogP contribution in [0, 0.1) is 5.92 Å². The van der Waals surface area contributed by atoms with Crippen molar-refractivity contribution in [2.24, 2.45) is 5.92 Å². The van der Waals surface area contributed by atoms with E-state index in [-0.39, 0.29) is 17.7 Å². The number of hydrogen-bond acceptors (Lipinski definition) is 6. The fourth-order valence-corrected chi connectivity index (χ4v) is 5.29. The minimum Gasteiger partial charge on any atom is -0.368 e. The first-order valence-electron chi connectivity index (χ1n) is 10.1. The Bertz CT molecular complexity index is 903. The first-order valence-corrected chi connectivity index (χ1v) is 11.9. The molecule has 4 heterocycles. The summed E-state index contributed by atoms with van der Waals surface area (Å²) in [6, 6.07) is 1.94. The van der Waals surface area contributed by atoms with Crippen molar-refractivity contribution in [1.82, 2.24) is 14.2 Å². The van der Waals surface area contributed by atoms with E-state index in [1.54, 1.807) is 6.20 Å². The third kappa shape index (κ3) is 4.37. The molecule has 0 saturated carbocycles. The average molecular weight is 422 g/mol. The summed E-state index contributed by atoms with van der Waals surface area (Å²) in [7, 11) is -3.14. The summed E-state index contributed by atoms with van der Waals surface area (Å²) in [4.78, 5) is 32.8. The molecule has 158 valence electrons. The van der Waals surface area contributed by atoms with Gasteiger partial charge in [0.15, 0.2) is 0 Å². The molecule has 0 aliphatic carbocycles. The van der Waals surface area contributed by atoms with Gasteiger partial charge in [-0.05, 0) is 24.8 Å². The zero-order valence-corrected chi connectivity index (χ0v) is 17.4. The lowest BCUT2D eigenvalue weighted by Crippen LogP contribution is -2.49. The molecule has 0 spiro atoms. The SMILES string of the molecule is CS(=O)(=O)N1CCC(CC(=O)N2CCN(c3ccnc4c3CC(=O)N4)CC2)CC1. The number of piperazine rings is 1. The lowest BCUT2D eigenvalue weighted by Gasteiger charge is -2.38. The number of carbonyl (C=O) groups excluding carboxylic acids is 2. The summed E-state index contributed by atoms with van der Waals surface area (Å²) in [6.45, 7) is 3.76. The van der Waals surface area contributed by atoms with Gasteiger partial charge in [0, 0.05) is 63.1 Å². The van der Waals surface area contributed by atoms with Crippen molar-refractivity contribution in [3.8, 4) is 0 Å². The Kier molecular flexibility index (Phi) is 5.48. The van der Waals surface area contributed by atoms with Gasteiger partial charge >= 0.3 is 0 Å². The quantitative estimate of drug-likeness (QED) is 0.750. The highest BCUT2D eigenvalue weighted by atomic mass is 32.2. The number of hydrogen-bond donors (Lipinski definition) is 1. The highest BCUT2D eigenvalue weighted by Gasteiger charge is 2.30. The molecule has 2 saturated heterocycles. The summed E-state index contributed by atoms with van der Waals surface area (Å²) in [5.41, 5.74) is 1.96. The zero-order chi connectivity index (χ0) is 20.6. The molecule has 0 atom stereocenters. The van der Waals surface area contributed by atoms with E-state index in [4.69, 9.17) is 0 Å². The van der Waals surface area contributed by atoms with Gasteiger partial charge in [0.05, 0.1) is 12.7 Å². The van der Waals surface area contributed by atoms with Gasteiger partial charge in [-0.25, -0.2) is 17.7 Å². The van der Waals surface area contributed by atoms with Gasteiger partial charge < -0.3 is 15.1 Å². The largest absolute Gasteiger partial charge is 0.368 e. The molecule has 3 aliphatic heterocycles. The van der Waals surface area contributed by atoms with Crippen molar-refractivity contribution >= 4 is 33.3 Å². The molecule has 0 bridgehead atoms. The second-order valence-electron chi connectivity index (χ2n) is 8.06. The number of aromatic nitrogens is 1. The van der Waals surface area contributed by atoms with E-state index in [9.17, 15) is 18.0 Å². The molecule has 4 rings (SSSR count). The first kappa shape index (κ1) is 20.1. The topological polar surface area (TPSA) is 103 Å². The molecule has 9 nitrogen and oxygen atoms in total. The Labute approximate surface area is 171 Å². The van der Waals surface area contributed by atoms with Crippen LogP contribution in [-0.4, -0.2) is 79.9 Å².